The van der Waals surface area contributed by atoms with E-state index in [0.29, 0.717) is 6.61 Å². The molecule has 2 heteroatoms. The van der Waals surface area contributed by atoms with Crippen LogP contribution >= 0.6 is 0 Å². The molecule has 0 bridgehead atoms. The third kappa shape index (κ3) is 2.26. The molecule has 2 rings (SSSR count). The molecule has 0 aliphatic carbocycles. The van der Waals surface area contributed by atoms with Gasteiger partial charge in [-0.1, -0.05) is 17.7 Å². The second-order valence-electron chi connectivity index (χ2n) is 4.12. The topological polar surface area (TPSA) is 9.23 Å². The second kappa shape index (κ2) is 4.15. The molecule has 0 fully saturated rings. The monoisotopic (exact) mass is 206 g/mol. The van der Waals surface area contributed by atoms with Gasteiger partial charge in [0.1, 0.15) is 5.82 Å². The fraction of sp³-hybridized carbons (Fsp3) is 0.385. The van der Waals surface area contributed by atoms with E-state index < -0.39 is 0 Å². The van der Waals surface area contributed by atoms with Gasteiger partial charge in [-0.05, 0) is 43.5 Å². The smallest absolute Gasteiger partial charge is 0.123 e. The van der Waals surface area contributed by atoms with Crippen molar-refractivity contribution < 1.29 is 9.13 Å². The molecule has 0 spiro atoms. The molecule has 15 heavy (non-hydrogen) atoms. The molecule has 1 aromatic carbocycles. The fourth-order valence-electron chi connectivity index (χ4n) is 1.75. The van der Waals surface area contributed by atoms with Crippen LogP contribution in [0.1, 0.15) is 31.9 Å². The molecular formula is C13H15FO. The minimum atomic E-state index is -0.196. The van der Waals surface area contributed by atoms with E-state index in [2.05, 4.69) is 13.8 Å². The molecule has 80 valence electrons. The van der Waals surface area contributed by atoms with Gasteiger partial charge in [0.25, 0.3) is 0 Å². The summed E-state index contributed by atoms with van der Waals surface area (Å²) in [4.78, 5) is 0. The van der Waals surface area contributed by atoms with Crippen LogP contribution in [-0.4, -0.2) is 6.61 Å². The summed E-state index contributed by atoms with van der Waals surface area (Å²) in [6.07, 6.45) is 1.01. The van der Waals surface area contributed by atoms with Crippen LogP contribution in [0.3, 0.4) is 0 Å². The highest BCUT2D eigenvalue weighted by molar-refractivity contribution is 5.23. The van der Waals surface area contributed by atoms with Crippen LogP contribution in [0.15, 0.2) is 35.4 Å². The van der Waals surface area contributed by atoms with Gasteiger partial charge in [-0.3, -0.25) is 0 Å². The Morgan fingerprint density at radius 1 is 1.13 bits per heavy atom. The first-order valence-corrected chi connectivity index (χ1v) is 5.19. The standard InChI is InChI=1S/C13H15FO/c1-9-7-13(15-8-10(9)2)11-3-5-12(14)6-4-11/h3-6,13H,7-8H2,1-2H3. The molecule has 1 atom stereocenters. The summed E-state index contributed by atoms with van der Waals surface area (Å²) in [5.74, 6) is -0.196. The molecule has 1 aliphatic rings. The second-order valence-corrected chi connectivity index (χ2v) is 4.12. The van der Waals surface area contributed by atoms with Gasteiger partial charge in [-0.25, -0.2) is 4.39 Å². The highest BCUT2D eigenvalue weighted by atomic mass is 19.1. The molecule has 0 N–H and O–H groups in total. The molecule has 1 aromatic rings. The summed E-state index contributed by atoms with van der Waals surface area (Å²) in [6, 6.07) is 6.57. The lowest BCUT2D eigenvalue weighted by atomic mass is 9.97. The van der Waals surface area contributed by atoms with Crippen LogP contribution in [0.5, 0.6) is 0 Å². The normalized spacial score (nSPS) is 21.9. The number of hydrogen-bond donors (Lipinski definition) is 0. The van der Waals surface area contributed by atoms with E-state index in [1.165, 1.54) is 23.3 Å². The van der Waals surface area contributed by atoms with Gasteiger partial charge in [0, 0.05) is 0 Å². The largest absolute Gasteiger partial charge is 0.369 e. The van der Waals surface area contributed by atoms with Gasteiger partial charge in [-0.15, -0.1) is 0 Å². The van der Waals surface area contributed by atoms with Crippen LogP contribution < -0.4 is 0 Å². The third-order valence-electron chi connectivity index (χ3n) is 2.96. The van der Waals surface area contributed by atoms with Gasteiger partial charge in [0.05, 0.1) is 12.7 Å². The van der Waals surface area contributed by atoms with E-state index in [1.54, 1.807) is 12.1 Å². The van der Waals surface area contributed by atoms with E-state index in [-0.39, 0.29) is 11.9 Å². The Morgan fingerprint density at radius 3 is 2.40 bits per heavy atom. The minimum absolute atomic E-state index is 0.0919. The quantitative estimate of drug-likeness (QED) is 0.637. The van der Waals surface area contributed by atoms with Crippen molar-refractivity contribution in [3.8, 4) is 0 Å². The van der Waals surface area contributed by atoms with Crippen molar-refractivity contribution in [1.29, 1.82) is 0 Å². The number of halogens is 1. The average molecular weight is 206 g/mol. The van der Waals surface area contributed by atoms with Crippen molar-refractivity contribution >= 4 is 0 Å². The van der Waals surface area contributed by atoms with E-state index in [1.807, 2.05) is 0 Å². The zero-order chi connectivity index (χ0) is 10.8. The Bertz CT molecular complexity index is 378. The van der Waals surface area contributed by atoms with E-state index in [0.717, 1.165) is 12.0 Å². The first-order valence-electron chi connectivity index (χ1n) is 5.19. The summed E-state index contributed by atoms with van der Waals surface area (Å²) >= 11 is 0. The van der Waals surface area contributed by atoms with Crippen LogP contribution in [0.4, 0.5) is 4.39 Å². The van der Waals surface area contributed by atoms with Gasteiger partial charge in [0.2, 0.25) is 0 Å². The van der Waals surface area contributed by atoms with Crippen LogP contribution in [0.25, 0.3) is 0 Å². The van der Waals surface area contributed by atoms with Crippen LogP contribution in [0, 0.1) is 5.82 Å². The molecule has 1 unspecified atom stereocenters. The zero-order valence-electron chi connectivity index (χ0n) is 9.09. The number of benzene rings is 1. The van der Waals surface area contributed by atoms with Crippen molar-refractivity contribution in [2.45, 2.75) is 26.4 Å². The predicted octanol–water partition coefficient (Wildman–Crippen LogP) is 3.62. The summed E-state index contributed by atoms with van der Waals surface area (Å²) in [5, 5.41) is 0. The van der Waals surface area contributed by atoms with Gasteiger partial charge in [-0.2, -0.15) is 0 Å². The Balaban J connectivity index is 2.17. The van der Waals surface area contributed by atoms with Crippen molar-refractivity contribution in [3.63, 3.8) is 0 Å². The summed E-state index contributed by atoms with van der Waals surface area (Å²) < 4.78 is 18.4. The van der Waals surface area contributed by atoms with Crippen LogP contribution in [0.2, 0.25) is 0 Å². The highest BCUT2D eigenvalue weighted by Crippen LogP contribution is 2.30. The predicted molar refractivity (Wildman–Crippen MR) is 58.1 cm³/mol. The minimum Gasteiger partial charge on any atom is -0.369 e. The number of rotatable bonds is 1. The molecule has 0 radical (unpaired) electrons. The Morgan fingerprint density at radius 2 is 1.80 bits per heavy atom. The summed E-state index contributed by atoms with van der Waals surface area (Å²) in [6.45, 7) is 4.92. The maximum atomic E-state index is 12.7. The Kier molecular flexibility index (Phi) is 2.87. The molecule has 0 amide bonds. The highest BCUT2D eigenvalue weighted by Gasteiger charge is 2.18. The lowest BCUT2D eigenvalue weighted by Crippen LogP contribution is -2.13. The first-order chi connectivity index (χ1) is 7.16. The lowest BCUT2D eigenvalue weighted by Gasteiger charge is -2.25. The molecule has 0 aromatic heterocycles. The summed E-state index contributed by atoms with van der Waals surface area (Å²) in [5.41, 5.74) is 3.76. The maximum Gasteiger partial charge on any atom is 0.123 e. The molecule has 1 nitrogen and oxygen atoms in total. The van der Waals surface area contributed by atoms with E-state index in [4.69, 9.17) is 4.74 Å². The van der Waals surface area contributed by atoms with E-state index in [9.17, 15) is 4.39 Å². The van der Waals surface area contributed by atoms with Crippen molar-refractivity contribution in [1.82, 2.24) is 0 Å². The van der Waals surface area contributed by atoms with Crippen LogP contribution in [-0.2, 0) is 4.74 Å². The third-order valence-corrected chi connectivity index (χ3v) is 2.96. The Labute approximate surface area is 89.6 Å². The Hall–Kier alpha value is -1.15. The fourth-order valence-corrected chi connectivity index (χ4v) is 1.75. The first kappa shape index (κ1) is 10.4. The number of ether oxygens (including phenoxy) is 1. The zero-order valence-corrected chi connectivity index (χ0v) is 9.09. The molecule has 0 saturated carbocycles. The van der Waals surface area contributed by atoms with E-state index >= 15 is 0 Å². The lowest BCUT2D eigenvalue weighted by molar-refractivity contribution is 0.0578. The maximum absolute atomic E-state index is 12.7. The average Bonchev–Trinajstić information content (AvgIpc) is 2.23. The van der Waals surface area contributed by atoms with Crippen molar-refractivity contribution in [3.05, 3.63) is 46.8 Å². The molecule has 1 aliphatic heterocycles. The van der Waals surface area contributed by atoms with Crippen molar-refractivity contribution in [2.24, 2.45) is 0 Å². The SMILES string of the molecule is CC1=C(C)CC(c2ccc(F)cc2)OC1. The molecular weight excluding hydrogens is 191 g/mol. The molecule has 1 heterocycles. The summed E-state index contributed by atoms with van der Waals surface area (Å²) in [7, 11) is 0. The van der Waals surface area contributed by atoms with Gasteiger partial charge < -0.3 is 4.74 Å². The van der Waals surface area contributed by atoms with Gasteiger partial charge in [0.15, 0.2) is 0 Å². The number of hydrogen-bond acceptors (Lipinski definition) is 1. The molecule has 0 saturated heterocycles. The van der Waals surface area contributed by atoms with Gasteiger partial charge >= 0.3 is 0 Å². The van der Waals surface area contributed by atoms with Crippen molar-refractivity contribution in [2.75, 3.05) is 6.61 Å².